The maximum absolute atomic E-state index is 11.5. The van der Waals surface area contributed by atoms with Gasteiger partial charge in [0.2, 0.25) is 5.91 Å². The first-order valence-electron chi connectivity index (χ1n) is 6.25. The summed E-state index contributed by atoms with van der Waals surface area (Å²) in [5.41, 5.74) is 0. The zero-order valence-electron chi connectivity index (χ0n) is 10.2. The summed E-state index contributed by atoms with van der Waals surface area (Å²) >= 11 is 0. The van der Waals surface area contributed by atoms with Gasteiger partial charge in [-0.05, 0) is 26.2 Å². The molecule has 1 aliphatic heterocycles. The molecule has 1 saturated carbocycles. The molecule has 16 heavy (non-hydrogen) atoms. The monoisotopic (exact) mass is 226 g/mol. The van der Waals surface area contributed by atoms with E-state index in [-0.39, 0.29) is 0 Å². The van der Waals surface area contributed by atoms with E-state index in [0.717, 1.165) is 38.8 Å². The molecule has 4 heteroatoms. The first-order chi connectivity index (χ1) is 7.69. The van der Waals surface area contributed by atoms with Gasteiger partial charge in [-0.25, -0.2) is 0 Å². The third kappa shape index (κ3) is 2.74. The van der Waals surface area contributed by atoms with Crippen LogP contribution >= 0.6 is 0 Å². The molecule has 0 aromatic carbocycles. The van der Waals surface area contributed by atoms with Crippen molar-refractivity contribution >= 4 is 5.91 Å². The highest BCUT2D eigenvalue weighted by atomic mass is 16.5. The highest BCUT2D eigenvalue weighted by Crippen LogP contribution is 2.23. The number of carbonyl (C=O) groups excluding carboxylic acids is 1. The summed E-state index contributed by atoms with van der Waals surface area (Å²) in [6, 6.07) is 0.975. The van der Waals surface area contributed by atoms with Crippen LogP contribution in [0, 0.1) is 0 Å². The van der Waals surface area contributed by atoms with Crippen molar-refractivity contribution in [3.05, 3.63) is 0 Å². The minimum Gasteiger partial charge on any atom is -0.381 e. The average Bonchev–Trinajstić information content (AvgIpc) is 2.57. The molecule has 1 atom stereocenters. The first kappa shape index (κ1) is 11.9. The van der Waals surface area contributed by atoms with Crippen molar-refractivity contribution in [2.24, 2.45) is 0 Å². The molecule has 2 rings (SSSR count). The van der Waals surface area contributed by atoms with E-state index in [9.17, 15) is 4.79 Å². The van der Waals surface area contributed by atoms with Gasteiger partial charge in [0.05, 0.1) is 6.10 Å². The van der Waals surface area contributed by atoms with Crippen LogP contribution in [0.25, 0.3) is 0 Å². The topological polar surface area (TPSA) is 41.6 Å². The van der Waals surface area contributed by atoms with Gasteiger partial charge in [-0.2, -0.15) is 0 Å². The van der Waals surface area contributed by atoms with Crippen molar-refractivity contribution in [1.82, 2.24) is 10.2 Å². The molecule has 92 valence electrons. The van der Waals surface area contributed by atoms with Gasteiger partial charge >= 0.3 is 0 Å². The van der Waals surface area contributed by atoms with Crippen LogP contribution in [-0.2, 0) is 9.53 Å². The lowest BCUT2D eigenvalue weighted by Gasteiger charge is -2.37. The number of amides is 1. The minimum atomic E-state index is 0.317. The molecule has 1 heterocycles. The van der Waals surface area contributed by atoms with Crippen molar-refractivity contribution < 1.29 is 9.53 Å². The summed E-state index contributed by atoms with van der Waals surface area (Å²) in [5, 5.41) is 3.55. The summed E-state index contributed by atoms with van der Waals surface area (Å²) < 4.78 is 5.24. The summed E-state index contributed by atoms with van der Waals surface area (Å²) in [7, 11) is 1.77. The van der Waals surface area contributed by atoms with Gasteiger partial charge in [0, 0.05) is 38.7 Å². The van der Waals surface area contributed by atoms with Gasteiger partial charge in [-0.15, -0.1) is 0 Å². The number of likely N-dealkylation sites (tertiary alicyclic amines) is 1. The molecule has 0 aromatic rings. The Kier molecular flexibility index (Phi) is 3.82. The van der Waals surface area contributed by atoms with Crippen molar-refractivity contribution in [3.8, 4) is 0 Å². The third-order valence-corrected chi connectivity index (χ3v) is 3.61. The average molecular weight is 226 g/mol. The molecule has 2 fully saturated rings. The molecular weight excluding hydrogens is 204 g/mol. The molecule has 2 aliphatic rings. The fraction of sp³-hybridized carbons (Fsp3) is 0.917. The zero-order chi connectivity index (χ0) is 11.5. The number of carbonyl (C=O) groups is 1. The lowest BCUT2D eigenvalue weighted by Crippen LogP contribution is -2.51. The lowest BCUT2D eigenvalue weighted by molar-refractivity contribution is -0.128. The lowest BCUT2D eigenvalue weighted by atomic mass is 9.89. The van der Waals surface area contributed by atoms with E-state index in [0.29, 0.717) is 24.1 Å². The Balaban J connectivity index is 1.65. The largest absolute Gasteiger partial charge is 0.381 e. The molecule has 1 amide bonds. The Morgan fingerprint density at radius 3 is 2.88 bits per heavy atom. The highest BCUT2D eigenvalue weighted by Gasteiger charge is 2.30. The number of hydrogen-bond donors (Lipinski definition) is 1. The van der Waals surface area contributed by atoms with E-state index >= 15 is 0 Å². The van der Waals surface area contributed by atoms with Gasteiger partial charge in [-0.1, -0.05) is 0 Å². The van der Waals surface area contributed by atoms with E-state index in [1.807, 2.05) is 4.90 Å². The molecule has 4 nitrogen and oxygen atoms in total. The molecule has 1 aliphatic carbocycles. The first-order valence-corrected chi connectivity index (χ1v) is 6.25. The van der Waals surface area contributed by atoms with Gasteiger partial charge in [0.15, 0.2) is 0 Å². The van der Waals surface area contributed by atoms with Crippen LogP contribution in [0.3, 0.4) is 0 Å². The number of methoxy groups -OCH3 is 1. The number of hydrogen-bond acceptors (Lipinski definition) is 3. The Bertz CT molecular complexity index is 251. The van der Waals surface area contributed by atoms with Crippen molar-refractivity contribution in [2.45, 2.75) is 50.8 Å². The third-order valence-electron chi connectivity index (χ3n) is 3.61. The molecule has 0 radical (unpaired) electrons. The Hall–Kier alpha value is -0.610. The zero-order valence-corrected chi connectivity index (χ0v) is 10.2. The molecule has 1 saturated heterocycles. The van der Waals surface area contributed by atoms with Crippen LogP contribution in [-0.4, -0.2) is 49.2 Å². The van der Waals surface area contributed by atoms with Crippen LogP contribution in [0.1, 0.15) is 32.6 Å². The van der Waals surface area contributed by atoms with E-state index in [4.69, 9.17) is 4.74 Å². The summed E-state index contributed by atoms with van der Waals surface area (Å²) in [6.45, 7) is 3.95. The standard InChI is InChI=1S/C12H22N2O2/c1-9(8-14-5-3-4-12(14)15)13-10-6-11(7-10)16-2/h9-11,13H,3-8H2,1-2H3. The molecule has 0 bridgehead atoms. The Morgan fingerprint density at radius 2 is 2.31 bits per heavy atom. The van der Waals surface area contributed by atoms with Crippen LogP contribution in [0.4, 0.5) is 0 Å². The van der Waals surface area contributed by atoms with Crippen molar-refractivity contribution in [2.75, 3.05) is 20.2 Å². The maximum Gasteiger partial charge on any atom is 0.222 e. The Labute approximate surface area is 97.3 Å². The predicted molar refractivity (Wildman–Crippen MR) is 62.2 cm³/mol. The molecular formula is C12H22N2O2. The summed E-state index contributed by atoms with van der Waals surface area (Å²) in [4.78, 5) is 13.4. The molecule has 0 spiro atoms. The van der Waals surface area contributed by atoms with E-state index in [1.165, 1.54) is 0 Å². The molecule has 0 aromatic heterocycles. The van der Waals surface area contributed by atoms with E-state index in [1.54, 1.807) is 7.11 Å². The van der Waals surface area contributed by atoms with Crippen molar-refractivity contribution in [3.63, 3.8) is 0 Å². The fourth-order valence-corrected chi connectivity index (χ4v) is 2.58. The van der Waals surface area contributed by atoms with Gasteiger partial charge in [-0.3, -0.25) is 4.79 Å². The summed E-state index contributed by atoms with van der Waals surface area (Å²) in [5.74, 6) is 0.317. The SMILES string of the molecule is COC1CC(NC(C)CN2CCCC2=O)C1. The number of nitrogens with one attached hydrogen (secondary N) is 1. The second-order valence-corrected chi connectivity index (χ2v) is 5.04. The van der Waals surface area contributed by atoms with Gasteiger partial charge < -0.3 is 15.0 Å². The van der Waals surface area contributed by atoms with E-state index in [2.05, 4.69) is 12.2 Å². The van der Waals surface area contributed by atoms with Crippen LogP contribution in [0.5, 0.6) is 0 Å². The van der Waals surface area contributed by atoms with Gasteiger partial charge in [0.25, 0.3) is 0 Å². The van der Waals surface area contributed by atoms with Crippen LogP contribution in [0.15, 0.2) is 0 Å². The van der Waals surface area contributed by atoms with Gasteiger partial charge in [0.1, 0.15) is 0 Å². The minimum absolute atomic E-state index is 0.317. The van der Waals surface area contributed by atoms with Crippen LogP contribution in [0.2, 0.25) is 0 Å². The quantitative estimate of drug-likeness (QED) is 0.752. The van der Waals surface area contributed by atoms with E-state index < -0.39 is 0 Å². The number of nitrogens with zero attached hydrogens (tertiary/aromatic N) is 1. The number of ether oxygens (including phenoxy) is 1. The van der Waals surface area contributed by atoms with Crippen molar-refractivity contribution in [1.29, 1.82) is 0 Å². The summed E-state index contributed by atoms with van der Waals surface area (Å²) in [6.07, 6.45) is 4.42. The fourth-order valence-electron chi connectivity index (χ4n) is 2.58. The highest BCUT2D eigenvalue weighted by molar-refractivity contribution is 5.78. The molecule has 1 unspecified atom stereocenters. The smallest absolute Gasteiger partial charge is 0.222 e. The Morgan fingerprint density at radius 1 is 1.56 bits per heavy atom. The second kappa shape index (κ2) is 5.15. The molecule has 1 N–H and O–H groups in total. The second-order valence-electron chi connectivity index (χ2n) is 5.04. The van der Waals surface area contributed by atoms with Crippen LogP contribution < -0.4 is 5.32 Å². The normalized spacial score (nSPS) is 31.6. The number of rotatable bonds is 5. The maximum atomic E-state index is 11.5. The predicted octanol–water partition coefficient (Wildman–Crippen LogP) is 0.764.